The van der Waals surface area contributed by atoms with E-state index in [2.05, 4.69) is 20.8 Å². The van der Waals surface area contributed by atoms with Crippen molar-refractivity contribution in [2.45, 2.75) is 26.2 Å². The Bertz CT molecular complexity index is 657. The summed E-state index contributed by atoms with van der Waals surface area (Å²) in [4.78, 5) is 12.3. The lowest BCUT2D eigenvalue weighted by Crippen LogP contribution is -2.14. The minimum atomic E-state index is -0.418. The lowest BCUT2D eigenvalue weighted by atomic mass is 9.87. The van der Waals surface area contributed by atoms with Crippen LogP contribution in [0.4, 0.5) is 0 Å². The molecule has 0 aliphatic carbocycles. The van der Waals surface area contributed by atoms with E-state index in [0.717, 1.165) is 5.56 Å². The summed E-state index contributed by atoms with van der Waals surface area (Å²) in [6.45, 7) is 6.38. The lowest BCUT2D eigenvalue weighted by molar-refractivity contribution is 0.0470. The molecule has 2 aromatic carbocycles. The highest BCUT2D eigenvalue weighted by Gasteiger charge is 2.19. The molecule has 23 heavy (non-hydrogen) atoms. The molecule has 2 rings (SSSR count). The van der Waals surface area contributed by atoms with E-state index in [1.54, 1.807) is 37.4 Å². The van der Waals surface area contributed by atoms with Crippen molar-refractivity contribution in [2.24, 2.45) is 0 Å². The van der Waals surface area contributed by atoms with E-state index in [9.17, 15) is 4.79 Å². The second-order valence-electron chi connectivity index (χ2n) is 6.22. The molecule has 0 N–H and O–H groups in total. The van der Waals surface area contributed by atoms with Crippen LogP contribution in [0, 0.1) is 0 Å². The smallest absolute Gasteiger partial charge is 0.343 e. The molecule has 0 unspecified atom stereocenters. The molecule has 0 aromatic heterocycles. The van der Waals surface area contributed by atoms with Gasteiger partial charge in [0.1, 0.15) is 0 Å². The number of hydrogen-bond acceptors (Lipinski definition) is 4. The summed E-state index contributed by atoms with van der Waals surface area (Å²) in [6, 6.07) is 14.5. The number of esters is 1. The molecular formula is C19H22O4. The molecule has 2 aromatic rings. The molecule has 0 saturated heterocycles. The topological polar surface area (TPSA) is 44.8 Å². The number of rotatable bonds is 5. The minimum absolute atomic E-state index is 0.0618. The van der Waals surface area contributed by atoms with E-state index in [1.807, 2.05) is 18.2 Å². The summed E-state index contributed by atoms with van der Waals surface area (Å²) >= 11 is 0. The fourth-order valence-electron chi connectivity index (χ4n) is 2.03. The summed E-state index contributed by atoms with van der Waals surface area (Å²) in [7, 11) is 1.54. The van der Waals surface area contributed by atoms with Crippen LogP contribution in [0.3, 0.4) is 0 Å². The fraction of sp³-hybridized carbons (Fsp3) is 0.316. The van der Waals surface area contributed by atoms with Crippen LogP contribution in [-0.4, -0.2) is 19.9 Å². The van der Waals surface area contributed by atoms with Crippen molar-refractivity contribution in [3.05, 3.63) is 59.7 Å². The Morgan fingerprint density at radius 2 is 1.70 bits per heavy atom. The first-order valence-corrected chi connectivity index (χ1v) is 7.45. The molecule has 0 heterocycles. The predicted molar refractivity (Wildman–Crippen MR) is 89.0 cm³/mol. The average Bonchev–Trinajstić information content (AvgIpc) is 2.53. The van der Waals surface area contributed by atoms with E-state index in [1.165, 1.54) is 0 Å². The summed E-state index contributed by atoms with van der Waals surface area (Å²) in [6.07, 6.45) is 0. The molecule has 0 amide bonds. The SMILES string of the molecule is COCOc1ccc(C(C)(C)C)cc1OC(=O)c1ccccc1. The van der Waals surface area contributed by atoms with Crippen LogP contribution in [-0.2, 0) is 10.2 Å². The van der Waals surface area contributed by atoms with Crippen molar-refractivity contribution >= 4 is 5.97 Å². The van der Waals surface area contributed by atoms with Crippen LogP contribution in [0.5, 0.6) is 11.5 Å². The molecule has 4 heteroatoms. The Labute approximate surface area is 137 Å². The van der Waals surface area contributed by atoms with E-state index < -0.39 is 5.97 Å². The molecule has 0 bridgehead atoms. The lowest BCUT2D eigenvalue weighted by Gasteiger charge is -2.21. The molecule has 122 valence electrons. The average molecular weight is 314 g/mol. The van der Waals surface area contributed by atoms with Gasteiger partial charge >= 0.3 is 5.97 Å². The second-order valence-corrected chi connectivity index (χ2v) is 6.22. The van der Waals surface area contributed by atoms with Gasteiger partial charge in [-0.2, -0.15) is 0 Å². The molecule has 0 fully saturated rings. The third-order valence-electron chi connectivity index (χ3n) is 3.35. The molecular weight excluding hydrogens is 292 g/mol. The first-order chi connectivity index (χ1) is 10.9. The second kappa shape index (κ2) is 7.29. The zero-order valence-corrected chi connectivity index (χ0v) is 14.0. The number of benzene rings is 2. The van der Waals surface area contributed by atoms with Crippen molar-refractivity contribution in [1.82, 2.24) is 0 Å². The highest BCUT2D eigenvalue weighted by Crippen LogP contribution is 2.33. The zero-order valence-electron chi connectivity index (χ0n) is 14.0. The quantitative estimate of drug-likeness (QED) is 0.472. The van der Waals surface area contributed by atoms with Crippen molar-refractivity contribution in [3.8, 4) is 11.5 Å². The molecule has 0 aliphatic heterocycles. The van der Waals surface area contributed by atoms with Gasteiger partial charge in [-0.15, -0.1) is 0 Å². The van der Waals surface area contributed by atoms with Crippen molar-refractivity contribution in [3.63, 3.8) is 0 Å². The van der Waals surface area contributed by atoms with E-state index in [0.29, 0.717) is 17.1 Å². The Hall–Kier alpha value is -2.33. The molecule has 0 aliphatic rings. The van der Waals surface area contributed by atoms with Crippen LogP contribution in [0.15, 0.2) is 48.5 Å². The van der Waals surface area contributed by atoms with Gasteiger partial charge in [0.05, 0.1) is 5.56 Å². The van der Waals surface area contributed by atoms with Gasteiger partial charge in [0, 0.05) is 7.11 Å². The van der Waals surface area contributed by atoms with Gasteiger partial charge in [-0.1, -0.05) is 45.0 Å². The number of ether oxygens (including phenoxy) is 3. The maximum absolute atomic E-state index is 12.3. The van der Waals surface area contributed by atoms with Gasteiger partial charge in [0.25, 0.3) is 0 Å². The largest absolute Gasteiger partial charge is 0.464 e. The van der Waals surface area contributed by atoms with Crippen LogP contribution < -0.4 is 9.47 Å². The number of carbonyl (C=O) groups excluding carboxylic acids is 1. The maximum atomic E-state index is 12.3. The summed E-state index contributed by atoms with van der Waals surface area (Å²) in [5.74, 6) is 0.450. The van der Waals surface area contributed by atoms with Crippen molar-refractivity contribution in [2.75, 3.05) is 13.9 Å². The first kappa shape index (κ1) is 17.0. The maximum Gasteiger partial charge on any atom is 0.343 e. The first-order valence-electron chi connectivity index (χ1n) is 7.45. The van der Waals surface area contributed by atoms with Crippen LogP contribution >= 0.6 is 0 Å². The summed E-state index contributed by atoms with van der Waals surface area (Å²) < 4.78 is 16.0. The van der Waals surface area contributed by atoms with Crippen LogP contribution in [0.2, 0.25) is 0 Å². The Morgan fingerprint density at radius 3 is 2.30 bits per heavy atom. The minimum Gasteiger partial charge on any atom is -0.464 e. The normalized spacial score (nSPS) is 11.1. The zero-order chi connectivity index (χ0) is 16.9. The number of methoxy groups -OCH3 is 1. The van der Waals surface area contributed by atoms with Gasteiger partial charge in [-0.3, -0.25) is 0 Å². The highest BCUT2D eigenvalue weighted by molar-refractivity contribution is 5.91. The summed E-state index contributed by atoms with van der Waals surface area (Å²) in [5.41, 5.74) is 1.48. The third-order valence-corrected chi connectivity index (χ3v) is 3.35. The van der Waals surface area contributed by atoms with Crippen molar-refractivity contribution in [1.29, 1.82) is 0 Å². The van der Waals surface area contributed by atoms with Gasteiger partial charge in [-0.05, 0) is 35.2 Å². The Balaban J connectivity index is 2.31. The monoisotopic (exact) mass is 314 g/mol. The Kier molecular flexibility index (Phi) is 5.40. The molecule has 0 spiro atoms. The van der Waals surface area contributed by atoms with E-state index in [4.69, 9.17) is 14.2 Å². The molecule has 0 radical (unpaired) electrons. The molecule has 4 nitrogen and oxygen atoms in total. The van der Waals surface area contributed by atoms with E-state index in [-0.39, 0.29) is 12.2 Å². The standard InChI is InChI=1S/C19H22O4/c1-19(2,3)15-10-11-16(22-13-21-4)17(12-15)23-18(20)14-8-6-5-7-9-14/h5-12H,13H2,1-4H3. The Morgan fingerprint density at radius 1 is 1.00 bits per heavy atom. The molecule has 0 atom stereocenters. The fourth-order valence-corrected chi connectivity index (χ4v) is 2.03. The third kappa shape index (κ3) is 4.57. The van der Waals surface area contributed by atoms with Gasteiger partial charge < -0.3 is 14.2 Å². The number of hydrogen-bond donors (Lipinski definition) is 0. The predicted octanol–water partition coefficient (Wildman–Crippen LogP) is 4.19. The van der Waals surface area contributed by atoms with Gasteiger partial charge in [-0.25, -0.2) is 4.79 Å². The van der Waals surface area contributed by atoms with Gasteiger partial charge in [0.15, 0.2) is 18.3 Å². The van der Waals surface area contributed by atoms with Crippen molar-refractivity contribution < 1.29 is 19.0 Å². The molecule has 0 saturated carbocycles. The summed E-state index contributed by atoms with van der Waals surface area (Å²) in [5, 5.41) is 0. The number of carbonyl (C=O) groups is 1. The highest BCUT2D eigenvalue weighted by atomic mass is 16.7. The van der Waals surface area contributed by atoms with Crippen LogP contribution in [0.1, 0.15) is 36.7 Å². The van der Waals surface area contributed by atoms with Gasteiger partial charge in [0.2, 0.25) is 0 Å². The van der Waals surface area contributed by atoms with E-state index >= 15 is 0 Å². The van der Waals surface area contributed by atoms with Crippen LogP contribution in [0.25, 0.3) is 0 Å².